The summed E-state index contributed by atoms with van der Waals surface area (Å²) in [4.78, 5) is 0. The van der Waals surface area contributed by atoms with Crippen LogP contribution in [0.25, 0.3) is 0 Å². The maximum atomic E-state index is 2.71. The van der Waals surface area contributed by atoms with E-state index in [4.69, 9.17) is 0 Å². The van der Waals surface area contributed by atoms with Crippen LogP contribution < -0.4 is 0 Å². The van der Waals surface area contributed by atoms with Crippen LogP contribution in [0.15, 0.2) is 11.8 Å². The first-order valence-electron chi connectivity index (χ1n) is 8.22. The predicted octanol–water partition coefficient (Wildman–Crippen LogP) is 5.56. The van der Waals surface area contributed by atoms with Crippen LogP contribution in [0.2, 0.25) is 18.1 Å². The zero-order chi connectivity index (χ0) is 12.8. The van der Waals surface area contributed by atoms with Crippen molar-refractivity contribution in [1.82, 2.24) is 0 Å². The molecule has 0 amide bonds. The van der Waals surface area contributed by atoms with Crippen molar-refractivity contribution in [1.29, 1.82) is 0 Å². The Morgan fingerprint density at radius 2 is 1.50 bits per heavy atom. The highest BCUT2D eigenvalue weighted by Crippen LogP contribution is 2.67. The van der Waals surface area contributed by atoms with Crippen molar-refractivity contribution in [3.8, 4) is 0 Å². The Kier molecular flexibility index (Phi) is 3.24. The molecule has 0 atom stereocenters. The summed E-state index contributed by atoms with van der Waals surface area (Å²) in [6.45, 7) is 7.61. The molecule has 0 saturated heterocycles. The topological polar surface area (TPSA) is 0 Å². The first-order chi connectivity index (χ1) is 8.55. The molecule has 1 heteroatoms. The van der Waals surface area contributed by atoms with Crippen molar-refractivity contribution < 1.29 is 0 Å². The van der Waals surface area contributed by atoms with Gasteiger partial charge in [-0.15, -0.1) is 0 Å². The molecule has 0 heterocycles. The van der Waals surface area contributed by atoms with E-state index in [9.17, 15) is 0 Å². The van der Waals surface area contributed by atoms with Crippen LogP contribution >= 0.6 is 0 Å². The van der Waals surface area contributed by atoms with Gasteiger partial charge >= 0.3 is 0 Å². The smallest absolute Gasteiger partial charge is 0.0774 e. The van der Waals surface area contributed by atoms with Crippen molar-refractivity contribution in [2.24, 2.45) is 17.8 Å². The van der Waals surface area contributed by atoms with Gasteiger partial charge in [0.15, 0.2) is 0 Å². The second-order valence-electron chi connectivity index (χ2n) is 8.11. The standard InChI is InChI=1S/C17H30Si/c1-4-5-6-7-18(2,3)17-11-14-8-15(12-17)10-16(9-14)13-17/h6-7,14-16H,4-5,8-13H2,1-3H3. The third-order valence-electron chi connectivity index (χ3n) is 6.39. The number of hydrogen-bond acceptors (Lipinski definition) is 0. The fraction of sp³-hybridized carbons (Fsp3) is 0.882. The van der Waals surface area contributed by atoms with Gasteiger partial charge in [-0.05, 0) is 67.7 Å². The van der Waals surface area contributed by atoms with Gasteiger partial charge in [-0.25, -0.2) is 0 Å². The lowest BCUT2D eigenvalue weighted by Gasteiger charge is -2.61. The van der Waals surface area contributed by atoms with Crippen molar-refractivity contribution in [2.75, 3.05) is 0 Å². The molecule has 0 aromatic rings. The molecular weight excluding hydrogens is 232 g/mol. The summed E-state index contributed by atoms with van der Waals surface area (Å²) in [6, 6.07) is 0. The van der Waals surface area contributed by atoms with Gasteiger partial charge < -0.3 is 0 Å². The lowest BCUT2D eigenvalue weighted by Crippen LogP contribution is -2.53. The molecular formula is C17H30Si. The van der Waals surface area contributed by atoms with Gasteiger partial charge in [0.25, 0.3) is 0 Å². The lowest BCUT2D eigenvalue weighted by atomic mass is 9.56. The summed E-state index contributed by atoms with van der Waals surface area (Å²) in [7, 11) is -1.17. The Morgan fingerprint density at radius 1 is 1.00 bits per heavy atom. The molecule has 0 unspecified atom stereocenters. The van der Waals surface area contributed by atoms with E-state index in [0.29, 0.717) is 0 Å². The summed E-state index contributed by atoms with van der Waals surface area (Å²) in [6.07, 6.45) is 14.7. The number of hydrogen-bond donors (Lipinski definition) is 0. The van der Waals surface area contributed by atoms with Gasteiger partial charge in [0, 0.05) is 0 Å². The van der Waals surface area contributed by atoms with Crippen LogP contribution in [0.4, 0.5) is 0 Å². The van der Waals surface area contributed by atoms with Crippen LogP contribution in [0, 0.1) is 17.8 Å². The van der Waals surface area contributed by atoms with Gasteiger partial charge in [-0.3, -0.25) is 0 Å². The van der Waals surface area contributed by atoms with Crippen LogP contribution in [0.5, 0.6) is 0 Å². The molecule has 4 saturated carbocycles. The second-order valence-corrected chi connectivity index (χ2v) is 12.9. The molecule has 0 radical (unpaired) electrons. The molecule has 0 N–H and O–H groups in total. The zero-order valence-corrected chi connectivity index (χ0v) is 13.5. The summed E-state index contributed by atoms with van der Waals surface area (Å²) in [5, 5.41) is 0.798. The molecule has 4 rings (SSSR count). The number of allylic oxidation sites excluding steroid dienone is 1. The van der Waals surface area contributed by atoms with Gasteiger partial charge in [-0.1, -0.05) is 38.2 Å². The summed E-state index contributed by atoms with van der Waals surface area (Å²) in [5.41, 5.74) is 2.71. The molecule has 102 valence electrons. The minimum atomic E-state index is -1.17. The van der Waals surface area contributed by atoms with Crippen molar-refractivity contribution in [3.63, 3.8) is 0 Å². The van der Waals surface area contributed by atoms with E-state index in [2.05, 4.69) is 31.8 Å². The highest BCUT2D eigenvalue weighted by molar-refractivity contribution is 6.85. The van der Waals surface area contributed by atoms with Gasteiger partial charge in [0.1, 0.15) is 0 Å². The van der Waals surface area contributed by atoms with E-state index in [1.807, 2.05) is 0 Å². The number of unbranched alkanes of at least 4 members (excludes halogenated alkanes) is 1. The largest absolute Gasteiger partial charge is 0.0981 e. The van der Waals surface area contributed by atoms with Crippen LogP contribution in [0.1, 0.15) is 58.3 Å². The highest BCUT2D eigenvalue weighted by atomic mass is 28.3. The molecule has 18 heavy (non-hydrogen) atoms. The summed E-state index contributed by atoms with van der Waals surface area (Å²) in [5.74, 6) is 3.34. The van der Waals surface area contributed by atoms with Crippen molar-refractivity contribution in [2.45, 2.75) is 76.4 Å². The maximum absolute atomic E-state index is 2.71. The average Bonchev–Trinajstić information content (AvgIpc) is 2.27. The fourth-order valence-corrected chi connectivity index (χ4v) is 9.17. The molecule has 4 aliphatic rings. The lowest BCUT2D eigenvalue weighted by molar-refractivity contribution is 0.0256. The zero-order valence-electron chi connectivity index (χ0n) is 12.5. The molecule has 0 spiro atoms. The summed E-state index contributed by atoms with van der Waals surface area (Å²) >= 11 is 0. The Morgan fingerprint density at radius 3 is 1.94 bits per heavy atom. The molecule has 0 aromatic heterocycles. The van der Waals surface area contributed by atoms with E-state index < -0.39 is 8.07 Å². The maximum Gasteiger partial charge on any atom is 0.0774 e. The van der Waals surface area contributed by atoms with Gasteiger partial charge in [0.2, 0.25) is 0 Å². The normalized spacial score (nSPS) is 42.9. The highest BCUT2D eigenvalue weighted by Gasteiger charge is 2.56. The number of rotatable bonds is 4. The van der Waals surface area contributed by atoms with Crippen LogP contribution in [0.3, 0.4) is 0 Å². The molecule has 0 nitrogen and oxygen atoms in total. The molecule has 0 aliphatic heterocycles. The second kappa shape index (κ2) is 4.51. The average molecular weight is 263 g/mol. The quantitative estimate of drug-likeness (QED) is 0.582. The van der Waals surface area contributed by atoms with E-state index in [1.165, 1.54) is 12.8 Å². The van der Waals surface area contributed by atoms with E-state index in [-0.39, 0.29) is 0 Å². The van der Waals surface area contributed by atoms with Crippen LogP contribution in [-0.4, -0.2) is 8.07 Å². The van der Waals surface area contributed by atoms with E-state index >= 15 is 0 Å². The first kappa shape index (κ1) is 13.0. The molecule has 4 aliphatic carbocycles. The Hall–Kier alpha value is -0.0431. The predicted molar refractivity (Wildman–Crippen MR) is 82.4 cm³/mol. The van der Waals surface area contributed by atoms with Gasteiger partial charge in [-0.2, -0.15) is 0 Å². The Bertz CT molecular complexity index is 304. The van der Waals surface area contributed by atoms with Crippen molar-refractivity contribution >= 4 is 8.07 Å². The van der Waals surface area contributed by atoms with Crippen molar-refractivity contribution in [3.05, 3.63) is 11.8 Å². The minimum absolute atomic E-state index is 0.798. The molecule has 4 bridgehead atoms. The minimum Gasteiger partial charge on any atom is -0.0981 e. The Labute approximate surface area is 114 Å². The molecule has 0 aromatic carbocycles. The summed E-state index contributed by atoms with van der Waals surface area (Å²) < 4.78 is 0. The Balaban J connectivity index is 1.81. The monoisotopic (exact) mass is 262 g/mol. The van der Waals surface area contributed by atoms with Crippen LogP contribution in [-0.2, 0) is 0 Å². The third-order valence-corrected chi connectivity index (χ3v) is 10.8. The molecule has 4 fully saturated rings. The SMILES string of the molecule is CCCC=C[Si](C)(C)C12CC3CC(CC(C3)C1)C2. The van der Waals surface area contributed by atoms with E-state index in [0.717, 1.165) is 22.8 Å². The fourth-order valence-electron chi connectivity index (χ4n) is 5.62. The third kappa shape index (κ3) is 2.03. The van der Waals surface area contributed by atoms with E-state index in [1.54, 1.807) is 38.5 Å². The first-order valence-corrected chi connectivity index (χ1v) is 11.3. The van der Waals surface area contributed by atoms with Gasteiger partial charge in [0.05, 0.1) is 8.07 Å².